The maximum Gasteiger partial charge on any atom is 0.329 e. The molecule has 0 aliphatic heterocycles. The van der Waals surface area contributed by atoms with E-state index in [0.29, 0.717) is 17.0 Å². The first-order chi connectivity index (χ1) is 12.2. The minimum absolute atomic E-state index is 0.108. The molecule has 25 heavy (non-hydrogen) atoms. The van der Waals surface area contributed by atoms with Crippen LogP contribution in [0.4, 0.5) is 0 Å². The van der Waals surface area contributed by atoms with Crippen molar-refractivity contribution in [3.63, 3.8) is 0 Å². The lowest BCUT2D eigenvalue weighted by atomic mass is 9.93. The number of ether oxygens (including phenoxy) is 1. The van der Waals surface area contributed by atoms with Gasteiger partial charge in [0, 0.05) is 18.7 Å². The smallest absolute Gasteiger partial charge is 0.329 e. The van der Waals surface area contributed by atoms with Gasteiger partial charge in [-0.25, -0.2) is 14.8 Å². The van der Waals surface area contributed by atoms with Crippen molar-refractivity contribution in [3.05, 3.63) is 40.9 Å². The Kier molecular flexibility index (Phi) is 4.01. The Balaban J connectivity index is 1.74. The molecule has 0 spiro atoms. The third kappa shape index (κ3) is 2.91. The Morgan fingerprint density at radius 1 is 1.20 bits per heavy atom. The molecule has 1 aliphatic carbocycles. The number of imidazole rings is 1. The molecule has 130 valence electrons. The fraction of sp³-hybridized carbons (Fsp3) is 0.389. The summed E-state index contributed by atoms with van der Waals surface area (Å²) in [4.78, 5) is 24.3. The quantitative estimate of drug-likeness (QED) is 0.764. The van der Waals surface area contributed by atoms with E-state index >= 15 is 0 Å². The molecule has 3 aromatic rings. The van der Waals surface area contributed by atoms with Crippen LogP contribution >= 0.6 is 0 Å². The van der Waals surface area contributed by atoms with Gasteiger partial charge in [0.2, 0.25) is 0 Å². The molecule has 2 N–H and O–H groups in total. The normalized spacial score (nSPS) is 20.8. The van der Waals surface area contributed by atoms with Crippen molar-refractivity contribution in [2.45, 2.75) is 37.8 Å². The van der Waals surface area contributed by atoms with E-state index in [2.05, 4.69) is 15.0 Å². The molecular formula is C18H20N4O3. The lowest BCUT2D eigenvalue weighted by Crippen LogP contribution is -2.28. The van der Waals surface area contributed by atoms with Crippen LogP contribution in [-0.4, -0.2) is 37.8 Å². The first-order valence-electron chi connectivity index (χ1n) is 8.45. The number of fused-ring (bicyclic) bond motifs is 1. The number of H-pyrrole nitrogens is 1. The molecule has 1 aliphatic rings. The van der Waals surface area contributed by atoms with E-state index in [1.54, 1.807) is 42.1 Å². The van der Waals surface area contributed by atoms with Gasteiger partial charge in [0.15, 0.2) is 11.3 Å². The highest BCUT2D eigenvalue weighted by Gasteiger charge is 2.25. The molecule has 1 fully saturated rings. The third-order valence-electron chi connectivity index (χ3n) is 4.93. The van der Waals surface area contributed by atoms with Crippen LogP contribution in [0, 0.1) is 0 Å². The van der Waals surface area contributed by atoms with E-state index in [4.69, 9.17) is 4.74 Å². The predicted octanol–water partition coefficient (Wildman–Crippen LogP) is 2.62. The number of aromatic hydroxyl groups is 1. The zero-order valence-corrected chi connectivity index (χ0v) is 14.0. The molecule has 0 unspecified atom stereocenters. The molecule has 0 bridgehead atoms. The Morgan fingerprint density at radius 2 is 1.92 bits per heavy atom. The standard InChI is InChI=1S/C18H20N4O3/c1-25-14-8-4-12(5-9-14)22-17-16(21-18(22)24)19-10-15(20-17)11-2-6-13(23)7-3-11/h2-3,6-7,10,12,14,23H,4-5,8-9H2,1H3,(H,19,21,24). The van der Waals surface area contributed by atoms with Crippen LogP contribution in [0.3, 0.4) is 0 Å². The molecule has 7 nitrogen and oxygen atoms in total. The van der Waals surface area contributed by atoms with Crippen LogP contribution in [0.1, 0.15) is 31.7 Å². The first kappa shape index (κ1) is 15.8. The van der Waals surface area contributed by atoms with Crippen LogP contribution in [0.5, 0.6) is 5.75 Å². The number of phenolic OH excluding ortho intramolecular Hbond substituents is 1. The molecular weight excluding hydrogens is 320 g/mol. The van der Waals surface area contributed by atoms with Gasteiger partial charge in [-0.1, -0.05) is 0 Å². The number of aromatic nitrogens is 4. The predicted molar refractivity (Wildman–Crippen MR) is 93.6 cm³/mol. The number of hydrogen-bond donors (Lipinski definition) is 2. The van der Waals surface area contributed by atoms with E-state index in [1.807, 2.05) is 0 Å². The topological polar surface area (TPSA) is 93.0 Å². The number of nitrogens with zero attached hydrogens (tertiary/aromatic N) is 3. The molecule has 0 atom stereocenters. The molecule has 4 rings (SSSR count). The highest BCUT2D eigenvalue weighted by molar-refractivity contribution is 5.71. The monoisotopic (exact) mass is 340 g/mol. The molecule has 2 heterocycles. The summed E-state index contributed by atoms with van der Waals surface area (Å²) in [6.45, 7) is 0. The van der Waals surface area contributed by atoms with Crippen molar-refractivity contribution in [2.24, 2.45) is 0 Å². The fourth-order valence-electron chi connectivity index (χ4n) is 3.54. The van der Waals surface area contributed by atoms with Crippen LogP contribution < -0.4 is 5.69 Å². The fourth-order valence-corrected chi connectivity index (χ4v) is 3.54. The Morgan fingerprint density at radius 3 is 2.60 bits per heavy atom. The van der Waals surface area contributed by atoms with Crippen molar-refractivity contribution in [3.8, 4) is 17.0 Å². The maximum atomic E-state index is 12.4. The van der Waals surface area contributed by atoms with Crippen LogP contribution in [0.25, 0.3) is 22.6 Å². The second-order valence-electron chi connectivity index (χ2n) is 6.44. The number of benzene rings is 1. The molecule has 0 amide bonds. The van der Waals surface area contributed by atoms with Gasteiger partial charge >= 0.3 is 5.69 Å². The summed E-state index contributed by atoms with van der Waals surface area (Å²) in [7, 11) is 1.73. The maximum absolute atomic E-state index is 12.4. The minimum atomic E-state index is -0.168. The van der Waals surface area contributed by atoms with Crippen LogP contribution in [0.15, 0.2) is 35.3 Å². The van der Waals surface area contributed by atoms with E-state index in [-0.39, 0.29) is 23.6 Å². The average Bonchev–Trinajstić information content (AvgIpc) is 2.97. The molecule has 1 saturated carbocycles. The summed E-state index contributed by atoms with van der Waals surface area (Å²) >= 11 is 0. The highest BCUT2D eigenvalue weighted by atomic mass is 16.5. The van der Waals surface area contributed by atoms with Crippen molar-refractivity contribution >= 4 is 11.3 Å². The number of rotatable bonds is 3. The lowest BCUT2D eigenvalue weighted by molar-refractivity contribution is 0.0585. The summed E-state index contributed by atoms with van der Waals surface area (Å²) in [5, 5.41) is 9.44. The zero-order chi connectivity index (χ0) is 17.4. The van der Waals surface area contributed by atoms with Gasteiger partial charge in [0.25, 0.3) is 0 Å². The van der Waals surface area contributed by atoms with E-state index < -0.39 is 0 Å². The SMILES string of the molecule is COC1CCC(n2c(=O)[nH]c3ncc(-c4ccc(O)cc4)nc32)CC1. The van der Waals surface area contributed by atoms with Gasteiger partial charge in [0.05, 0.1) is 18.0 Å². The van der Waals surface area contributed by atoms with Gasteiger partial charge in [-0.3, -0.25) is 9.55 Å². The van der Waals surface area contributed by atoms with Gasteiger partial charge < -0.3 is 9.84 Å². The summed E-state index contributed by atoms with van der Waals surface area (Å²) in [6, 6.07) is 6.89. The highest BCUT2D eigenvalue weighted by Crippen LogP contribution is 2.30. The third-order valence-corrected chi connectivity index (χ3v) is 4.93. The molecule has 1 aromatic carbocycles. The summed E-state index contributed by atoms with van der Waals surface area (Å²) in [5.41, 5.74) is 2.43. The number of hydrogen-bond acceptors (Lipinski definition) is 5. The molecule has 7 heteroatoms. The van der Waals surface area contributed by atoms with Crippen molar-refractivity contribution in [1.82, 2.24) is 19.5 Å². The lowest BCUT2D eigenvalue weighted by Gasteiger charge is -2.28. The van der Waals surface area contributed by atoms with E-state index in [0.717, 1.165) is 31.2 Å². The Bertz CT molecular complexity index is 937. The van der Waals surface area contributed by atoms with Crippen LogP contribution in [0.2, 0.25) is 0 Å². The Hall–Kier alpha value is -2.67. The summed E-state index contributed by atoms with van der Waals surface area (Å²) < 4.78 is 7.15. The molecule has 0 saturated heterocycles. The Labute approximate surface area is 144 Å². The zero-order valence-electron chi connectivity index (χ0n) is 14.0. The number of nitrogens with one attached hydrogen (secondary N) is 1. The second-order valence-corrected chi connectivity index (χ2v) is 6.44. The number of methoxy groups -OCH3 is 1. The number of phenols is 1. The van der Waals surface area contributed by atoms with E-state index in [9.17, 15) is 9.90 Å². The minimum Gasteiger partial charge on any atom is -0.508 e. The van der Waals surface area contributed by atoms with Gasteiger partial charge in [0.1, 0.15) is 5.75 Å². The van der Waals surface area contributed by atoms with Crippen molar-refractivity contribution in [1.29, 1.82) is 0 Å². The molecule has 2 aromatic heterocycles. The van der Waals surface area contributed by atoms with Gasteiger partial charge in [-0.2, -0.15) is 0 Å². The van der Waals surface area contributed by atoms with Gasteiger partial charge in [-0.05, 0) is 49.9 Å². The van der Waals surface area contributed by atoms with Crippen molar-refractivity contribution < 1.29 is 9.84 Å². The first-order valence-corrected chi connectivity index (χ1v) is 8.45. The number of aromatic amines is 1. The second kappa shape index (κ2) is 6.33. The molecule has 0 radical (unpaired) electrons. The van der Waals surface area contributed by atoms with Crippen molar-refractivity contribution in [2.75, 3.05) is 7.11 Å². The summed E-state index contributed by atoms with van der Waals surface area (Å²) in [6.07, 6.45) is 5.55. The summed E-state index contributed by atoms with van der Waals surface area (Å²) in [5.74, 6) is 0.200. The van der Waals surface area contributed by atoms with Crippen LogP contribution in [-0.2, 0) is 4.74 Å². The largest absolute Gasteiger partial charge is 0.508 e. The van der Waals surface area contributed by atoms with E-state index in [1.165, 1.54) is 0 Å². The van der Waals surface area contributed by atoms with Gasteiger partial charge in [-0.15, -0.1) is 0 Å². The average molecular weight is 340 g/mol.